The molecule has 2 heterocycles. The minimum Gasteiger partial charge on any atom is -0.310 e. The zero-order chi connectivity index (χ0) is 25.0. The molecule has 0 N–H and O–H groups in total. The highest BCUT2D eigenvalue weighted by Gasteiger charge is 2.27. The molecule has 35 heavy (non-hydrogen) atoms. The Morgan fingerprint density at radius 3 is 1.51 bits per heavy atom. The number of rotatable bonds is 2. The van der Waals surface area contributed by atoms with Crippen LogP contribution < -0.4 is 9.47 Å². The number of anilines is 3. The van der Waals surface area contributed by atoms with E-state index in [0.29, 0.717) is 0 Å². The van der Waals surface area contributed by atoms with Crippen molar-refractivity contribution in [2.75, 3.05) is 4.90 Å². The number of hydrogen-bond donors (Lipinski definition) is 0. The SMILES string of the molecule is C[n+]1ccc(-c2ccc(N3c4ccc(C(C)(C)C)cc4Cc4cc(C(C)(C)C)ccc43)cc2)cc1. The number of fused-ring (bicyclic) bond motifs is 2. The first-order valence-electron chi connectivity index (χ1n) is 12.6. The first-order valence-corrected chi connectivity index (χ1v) is 12.6. The maximum Gasteiger partial charge on any atom is 0.169 e. The fourth-order valence-electron chi connectivity index (χ4n) is 4.93. The molecule has 0 saturated heterocycles. The topological polar surface area (TPSA) is 7.12 Å². The smallest absolute Gasteiger partial charge is 0.169 e. The van der Waals surface area contributed by atoms with E-state index in [1.54, 1.807) is 0 Å². The maximum atomic E-state index is 2.45. The fraction of sp³-hybridized carbons (Fsp3) is 0.303. The van der Waals surface area contributed by atoms with Crippen LogP contribution >= 0.6 is 0 Å². The molecule has 0 fully saturated rings. The normalized spacial score (nSPS) is 13.4. The van der Waals surface area contributed by atoms with E-state index in [2.05, 4.69) is 136 Å². The van der Waals surface area contributed by atoms with Crippen LogP contribution in [0.5, 0.6) is 0 Å². The van der Waals surface area contributed by atoms with Gasteiger partial charge in [0.25, 0.3) is 0 Å². The molecule has 1 aliphatic heterocycles. The molecule has 3 aromatic carbocycles. The van der Waals surface area contributed by atoms with Gasteiger partial charge >= 0.3 is 0 Å². The van der Waals surface area contributed by atoms with Gasteiger partial charge < -0.3 is 4.90 Å². The summed E-state index contributed by atoms with van der Waals surface area (Å²) in [6, 6.07) is 27.4. The number of nitrogens with zero attached hydrogens (tertiary/aromatic N) is 2. The Balaban J connectivity index is 1.63. The van der Waals surface area contributed by atoms with E-state index in [-0.39, 0.29) is 10.8 Å². The molecule has 5 rings (SSSR count). The average Bonchev–Trinajstić information content (AvgIpc) is 2.81. The van der Waals surface area contributed by atoms with Crippen molar-refractivity contribution in [2.45, 2.75) is 58.8 Å². The van der Waals surface area contributed by atoms with Crippen LogP contribution in [0.3, 0.4) is 0 Å². The van der Waals surface area contributed by atoms with Crippen LogP contribution in [0, 0.1) is 0 Å². The zero-order valence-corrected chi connectivity index (χ0v) is 22.2. The minimum absolute atomic E-state index is 0.126. The first-order chi connectivity index (χ1) is 16.5. The van der Waals surface area contributed by atoms with Crippen LogP contribution in [-0.2, 0) is 24.3 Å². The molecule has 1 aromatic heterocycles. The predicted octanol–water partition coefficient (Wildman–Crippen LogP) is 8.15. The summed E-state index contributed by atoms with van der Waals surface area (Å²) in [5.74, 6) is 0. The summed E-state index contributed by atoms with van der Waals surface area (Å²) >= 11 is 0. The fourth-order valence-corrected chi connectivity index (χ4v) is 4.93. The lowest BCUT2D eigenvalue weighted by Gasteiger charge is -2.35. The highest BCUT2D eigenvalue weighted by Crippen LogP contribution is 2.46. The Kier molecular flexibility index (Phi) is 5.59. The number of hydrogen-bond acceptors (Lipinski definition) is 1. The van der Waals surface area contributed by atoms with Gasteiger partial charge in [0.05, 0.1) is 0 Å². The largest absolute Gasteiger partial charge is 0.310 e. The average molecular weight is 462 g/mol. The van der Waals surface area contributed by atoms with E-state index in [9.17, 15) is 0 Å². The molecule has 0 spiro atoms. The highest BCUT2D eigenvalue weighted by atomic mass is 15.2. The molecule has 2 heteroatoms. The molecular formula is C33H37N2+. The lowest BCUT2D eigenvalue weighted by molar-refractivity contribution is -0.671. The van der Waals surface area contributed by atoms with Crippen molar-refractivity contribution >= 4 is 17.1 Å². The predicted molar refractivity (Wildman–Crippen MR) is 148 cm³/mol. The summed E-state index contributed by atoms with van der Waals surface area (Å²) in [7, 11) is 2.05. The third-order valence-corrected chi connectivity index (χ3v) is 7.19. The number of pyridine rings is 1. The lowest BCUT2D eigenvalue weighted by Crippen LogP contribution is -2.25. The van der Waals surface area contributed by atoms with Crippen LogP contribution in [0.1, 0.15) is 63.8 Å². The van der Waals surface area contributed by atoms with Gasteiger partial charge in [-0.25, -0.2) is 4.57 Å². The van der Waals surface area contributed by atoms with Crippen LogP contribution in [0.4, 0.5) is 17.1 Å². The van der Waals surface area contributed by atoms with Crippen molar-refractivity contribution in [1.29, 1.82) is 0 Å². The summed E-state index contributed by atoms with van der Waals surface area (Å²) in [4.78, 5) is 2.45. The Labute approximate surface area is 210 Å². The van der Waals surface area contributed by atoms with Crippen molar-refractivity contribution in [3.63, 3.8) is 0 Å². The zero-order valence-electron chi connectivity index (χ0n) is 22.2. The Hall–Kier alpha value is -3.39. The molecule has 0 radical (unpaired) electrons. The minimum atomic E-state index is 0.126. The highest BCUT2D eigenvalue weighted by molar-refractivity contribution is 5.84. The number of aromatic nitrogens is 1. The van der Waals surface area contributed by atoms with Gasteiger partial charge in [-0.15, -0.1) is 0 Å². The summed E-state index contributed by atoms with van der Waals surface area (Å²) < 4.78 is 2.07. The van der Waals surface area contributed by atoms with Crippen molar-refractivity contribution in [1.82, 2.24) is 0 Å². The van der Waals surface area contributed by atoms with Gasteiger partial charge in [-0.2, -0.15) is 0 Å². The Morgan fingerprint density at radius 1 is 0.600 bits per heavy atom. The molecular weight excluding hydrogens is 424 g/mol. The summed E-state index contributed by atoms with van der Waals surface area (Å²) in [5.41, 5.74) is 12.1. The number of benzene rings is 3. The molecule has 2 nitrogen and oxygen atoms in total. The van der Waals surface area contributed by atoms with E-state index in [4.69, 9.17) is 0 Å². The molecule has 4 aromatic rings. The third kappa shape index (κ3) is 4.50. The molecule has 0 aliphatic carbocycles. The standard InChI is InChI=1S/C33H37N2/c1-32(2,3)27-10-14-30-25(21-27)20-26-22-28(33(4,5)6)11-15-31(26)35(30)29-12-8-23(9-13-29)24-16-18-34(7)19-17-24/h8-19,21-22H,20H2,1-7H3/q+1. The molecule has 178 valence electrons. The first kappa shape index (κ1) is 23.4. The second-order valence-electron chi connectivity index (χ2n) is 12.0. The third-order valence-electron chi connectivity index (χ3n) is 7.19. The van der Waals surface area contributed by atoms with Gasteiger partial charge in [0.15, 0.2) is 12.4 Å². The maximum absolute atomic E-state index is 2.45. The number of aryl methyl sites for hydroxylation is 1. The molecule has 0 atom stereocenters. The van der Waals surface area contributed by atoms with Crippen molar-refractivity contribution < 1.29 is 4.57 Å². The molecule has 0 bridgehead atoms. The monoisotopic (exact) mass is 461 g/mol. The van der Waals surface area contributed by atoms with Crippen LogP contribution in [0.15, 0.2) is 85.2 Å². The van der Waals surface area contributed by atoms with Gasteiger partial charge in [0.1, 0.15) is 7.05 Å². The molecule has 1 aliphatic rings. The van der Waals surface area contributed by atoms with E-state index < -0.39 is 0 Å². The van der Waals surface area contributed by atoms with Crippen molar-refractivity contribution in [3.05, 3.63) is 107 Å². The second-order valence-corrected chi connectivity index (χ2v) is 12.0. The summed E-state index contributed by atoms with van der Waals surface area (Å²) in [6.45, 7) is 13.8. The van der Waals surface area contributed by atoms with Gasteiger partial charge in [0, 0.05) is 35.6 Å². The van der Waals surface area contributed by atoms with Gasteiger partial charge in [-0.05, 0) is 68.5 Å². The summed E-state index contributed by atoms with van der Waals surface area (Å²) in [5, 5.41) is 0. The van der Waals surface area contributed by atoms with Crippen LogP contribution in [-0.4, -0.2) is 0 Å². The van der Waals surface area contributed by atoms with Crippen molar-refractivity contribution in [2.24, 2.45) is 7.05 Å². The van der Waals surface area contributed by atoms with Crippen LogP contribution in [0.25, 0.3) is 11.1 Å². The lowest BCUT2D eigenvalue weighted by atomic mass is 9.82. The van der Waals surface area contributed by atoms with E-state index >= 15 is 0 Å². The quantitative estimate of drug-likeness (QED) is 0.241. The van der Waals surface area contributed by atoms with Gasteiger partial charge in [-0.1, -0.05) is 77.9 Å². The second kappa shape index (κ2) is 8.37. The van der Waals surface area contributed by atoms with Crippen molar-refractivity contribution in [3.8, 4) is 11.1 Å². The molecule has 0 amide bonds. The Bertz CT molecular complexity index is 1300. The molecule has 0 saturated carbocycles. The van der Waals surface area contributed by atoms with E-state index in [1.807, 2.05) is 7.05 Å². The van der Waals surface area contributed by atoms with E-state index in [1.165, 1.54) is 50.4 Å². The summed E-state index contributed by atoms with van der Waals surface area (Å²) in [6.07, 6.45) is 5.16. The Morgan fingerprint density at radius 2 is 1.06 bits per heavy atom. The van der Waals surface area contributed by atoms with Crippen LogP contribution in [0.2, 0.25) is 0 Å². The van der Waals surface area contributed by atoms with Gasteiger partial charge in [0.2, 0.25) is 0 Å². The molecule has 0 unspecified atom stereocenters. The van der Waals surface area contributed by atoms with E-state index in [0.717, 1.165) is 6.42 Å². The van der Waals surface area contributed by atoms with Gasteiger partial charge in [-0.3, -0.25) is 0 Å².